The molecular weight excluding hydrogens is 246 g/mol. The number of rotatable bonds is 5. The largest absolute Gasteiger partial charge is 0.469 e. The van der Waals surface area contributed by atoms with E-state index in [1.165, 1.54) is 7.11 Å². The number of benzene rings is 1. The number of esters is 1. The van der Waals surface area contributed by atoms with Gasteiger partial charge in [0, 0.05) is 17.6 Å². The summed E-state index contributed by atoms with van der Waals surface area (Å²) >= 11 is 1.66. The lowest BCUT2D eigenvalue weighted by atomic mass is 10.0. The maximum Gasteiger partial charge on any atom is 0.309 e. The second kappa shape index (κ2) is 6.21. The van der Waals surface area contributed by atoms with Gasteiger partial charge in [-0.05, 0) is 22.6 Å². The van der Waals surface area contributed by atoms with Gasteiger partial charge in [-0.2, -0.15) is 11.3 Å². The molecule has 0 aliphatic carbocycles. The monoisotopic (exact) mass is 261 g/mol. The fourth-order valence-corrected chi connectivity index (χ4v) is 2.30. The molecule has 0 atom stereocenters. The predicted octanol–water partition coefficient (Wildman–Crippen LogP) is 3.08. The van der Waals surface area contributed by atoms with Crippen LogP contribution in [-0.4, -0.2) is 13.1 Å². The van der Waals surface area contributed by atoms with Gasteiger partial charge < -0.3 is 10.1 Å². The van der Waals surface area contributed by atoms with Gasteiger partial charge in [0.2, 0.25) is 0 Å². The van der Waals surface area contributed by atoms with E-state index in [1.54, 1.807) is 11.3 Å². The minimum absolute atomic E-state index is 0.210. The fourth-order valence-electron chi connectivity index (χ4n) is 1.69. The van der Waals surface area contributed by atoms with Crippen molar-refractivity contribution in [3.05, 3.63) is 52.2 Å². The minimum Gasteiger partial charge on any atom is -0.469 e. The Labute approximate surface area is 110 Å². The van der Waals surface area contributed by atoms with Crippen molar-refractivity contribution in [2.75, 3.05) is 12.4 Å². The zero-order valence-corrected chi connectivity index (χ0v) is 11.0. The van der Waals surface area contributed by atoms with Crippen molar-refractivity contribution in [3.63, 3.8) is 0 Å². The van der Waals surface area contributed by atoms with Gasteiger partial charge >= 0.3 is 5.97 Å². The number of carbonyl (C=O) groups is 1. The molecule has 0 saturated carbocycles. The number of thiophene rings is 1. The van der Waals surface area contributed by atoms with Crippen LogP contribution in [0, 0.1) is 0 Å². The second-order valence-corrected chi connectivity index (χ2v) is 4.67. The first-order chi connectivity index (χ1) is 8.79. The van der Waals surface area contributed by atoms with Crippen molar-refractivity contribution >= 4 is 23.0 Å². The van der Waals surface area contributed by atoms with E-state index in [0.29, 0.717) is 13.0 Å². The summed E-state index contributed by atoms with van der Waals surface area (Å²) in [4.78, 5) is 11.3. The Kier molecular flexibility index (Phi) is 4.36. The van der Waals surface area contributed by atoms with E-state index >= 15 is 0 Å². The molecule has 3 nitrogen and oxygen atoms in total. The zero-order chi connectivity index (χ0) is 12.8. The molecule has 0 spiro atoms. The summed E-state index contributed by atoms with van der Waals surface area (Å²) in [5, 5.41) is 7.42. The van der Waals surface area contributed by atoms with Crippen LogP contribution in [0.3, 0.4) is 0 Å². The summed E-state index contributed by atoms with van der Waals surface area (Å²) in [5.74, 6) is -0.210. The summed E-state index contributed by atoms with van der Waals surface area (Å²) in [6.07, 6.45) is 0.317. The highest BCUT2D eigenvalue weighted by Crippen LogP contribution is 2.16. The number of hydrogen-bond donors (Lipinski definition) is 1. The lowest BCUT2D eigenvalue weighted by Gasteiger charge is -2.09. The van der Waals surface area contributed by atoms with Crippen molar-refractivity contribution in [1.29, 1.82) is 0 Å². The van der Waals surface area contributed by atoms with E-state index in [0.717, 1.165) is 16.8 Å². The Bertz CT molecular complexity index is 508. The first-order valence-electron chi connectivity index (χ1n) is 5.69. The van der Waals surface area contributed by atoms with E-state index in [-0.39, 0.29) is 5.97 Å². The third-order valence-corrected chi connectivity index (χ3v) is 3.37. The molecule has 0 unspecified atom stereocenters. The third-order valence-electron chi connectivity index (χ3n) is 2.68. The van der Waals surface area contributed by atoms with Crippen LogP contribution in [0.2, 0.25) is 0 Å². The zero-order valence-electron chi connectivity index (χ0n) is 10.2. The average molecular weight is 261 g/mol. The highest BCUT2D eigenvalue weighted by atomic mass is 32.1. The molecule has 0 aliphatic rings. The van der Waals surface area contributed by atoms with Gasteiger partial charge in [-0.3, -0.25) is 4.79 Å². The van der Waals surface area contributed by atoms with E-state index < -0.39 is 0 Å². The van der Waals surface area contributed by atoms with Gasteiger partial charge in [-0.1, -0.05) is 24.3 Å². The van der Waals surface area contributed by atoms with Crippen LogP contribution in [0.4, 0.5) is 5.69 Å². The maximum absolute atomic E-state index is 11.3. The Morgan fingerprint density at radius 1 is 1.28 bits per heavy atom. The van der Waals surface area contributed by atoms with Crippen molar-refractivity contribution in [1.82, 2.24) is 0 Å². The van der Waals surface area contributed by atoms with Crippen LogP contribution in [-0.2, 0) is 22.5 Å². The Morgan fingerprint density at radius 3 is 2.72 bits per heavy atom. The molecule has 1 N–H and O–H groups in total. The molecule has 2 rings (SSSR count). The topological polar surface area (TPSA) is 38.3 Å². The highest BCUT2D eigenvalue weighted by Gasteiger charge is 2.07. The Balaban J connectivity index is 2.05. The van der Waals surface area contributed by atoms with Gasteiger partial charge in [-0.15, -0.1) is 0 Å². The predicted molar refractivity (Wildman–Crippen MR) is 73.8 cm³/mol. The van der Waals surface area contributed by atoms with Gasteiger partial charge in [0.1, 0.15) is 0 Å². The molecule has 18 heavy (non-hydrogen) atoms. The maximum atomic E-state index is 11.3. The van der Waals surface area contributed by atoms with Crippen molar-refractivity contribution in [3.8, 4) is 0 Å². The van der Waals surface area contributed by atoms with E-state index in [9.17, 15) is 4.79 Å². The second-order valence-electron chi connectivity index (χ2n) is 3.89. The first-order valence-corrected chi connectivity index (χ1v) is 6.63. The normalized spacial score (nSPS) is 10.1. The van der Waals surface area contributed by atoms with Crippen molar-refractivity contribution < 1.29 is 9.53 Å². The highest BCUT2D eigenvalue weighted by molar-refractivity contribution is 7.08. The van der Waals surface area contributed by atoms with Crippen LogP contribution in [0.25, 0.3) is 0 Å². The molecule has 0 aliphatic heterocycles. The molecule has 94 valence electrons. The summed E-state index contributed by atoms with van der Waals surface area (Å²) in [5.41, 5.74) is 3.23. The van der Waals surface area contributed by atoms with Gasteiger partial charge in [0.15, 0.2) is 0 Å². The number of hydrogen-bond acceptors (Lipinski definition) is 4. The fraction of sp³-hybridized carbons (Fsp3) is 0.214. The van der Waals surface area contributed by atoms with Crippen LogP contribution in [0.5, 0.6) is 0 Å². The molecule has 1 aromatic carbocycles. The van der Waals surface area contributed by atoms with Crippen LogP contribution < -0.4 is 5.32 Å². The Hall–Kier alpha value is -1.81. The van der Waals surface area contributed by atoms with E-state index in [1.807, 2.05) is 35.7 Å². The molecule has 0 radical (unpaired) electrons. The molecule has 0 saturated heterocycles. The molecular formula is C14H15NO2S. The lowest BCUT2D eigenvalue weighted by Crippen LogP contribution is -2.09. The summed E-state index contributed by atoms with van der Waals surface area (Å²) < 4.78 is 4.70. The third kappa shape index (κ3) is 3.34. The molecule has 4 heteroatoms. The Morgan fingerprint density at radius 2 is 2.06 bits per heavy atom. The number of ether oxygens (including phenoxy) is 1. The van der Waals surface area contributed by atoms with Crippen molar-refractivity contribution in [2.45, 2.75) is 13.0 Å². The van der Waals surface area contributed by atoms with Crippen LogP contribution >= 0.6 is 11.3 Å². The average Bonchev–Trinajstić information content (AvgIpc) is 2.91. The van der Waals surface area contributed by atoms with Gasteiger partial charge in [0.25, 0.3) is 0 Å². The molecule has 2 aromatic rings. The SMILES string of the molecule is COC(=O)Cc1ccccc1CNc1ccsc1. The molecule has 1 aromatic heterocycles. The molecule has 1 heterocycles. The number of carbonyl (C=O) groups excluding carboxylic acids is 1. The standard InChI is InChI=1S/C14H15NO2S/c1-17-14(16)8-11-4-2-3-5-12(11)9-15-13-6-7-18-10-13/h2-7,10,15H,8-9H2,1H3. The van der Waals surface area contributed by atoms with E-state index in [2.05, 4.69) is 10.7 Å². The van der Waals surface area contributed by atoms with Gasteiger partial charge in [-0.25, -0.2) is 0 Å². The summed E-state index contributed by atoms with van der Waals surface area (Å²) in [6, 6.07) is 9.94. The molecule has 0 bridgehead atoms. The quantitative estimate of drug-likeness (QED) is 0.841. The lowest BCUT2D eigenvalue weighted by molar-refractivity contribution is -0.139. The number of nitrogens with one attached hydrogen (secondary N) is 1. The van der Waals surface area contributed by atoms with E-state index in [4.69, 9.17) is 4.74 Å². The number of methoxy groups -OCH3 is 1. The van der Waals surface area contributed by atoms with Crippen LogP contribution in [0.1, 0.15) is 11.1 Å². The summed E-state index contributed by atoms with van der Waals surface area (Å²) in [7, 11) is 1.41. The van der Waals surface area contributed by atoms with Crippen LogP contribution in [0.15, 0.2) is 41.1 Å². The first kappa shape index (κ1) is 12.6. The summed E-state index contributed by atoms with van der Waals surface area (Å²) in [6.45, 7) is 0.712. The van der Waals surface area contributed by atoms with Gasteiger partial charge in [0.05, 0.1) is 13.5 Å². The minimum atomic E-state index is -0.210. The smallest absolute Gasteiger partial charge is 0.309 e. The molecule has 0 amide bonds. The van der Waals surface area contributed by atoms with Crippen molar-refractivity contribution in [2.24, 2.45) is 0 Å². The number of anilines is 1. The molecule has 0 fully saturated rings.